The Balaban J connectivity index is 4.33. The molecule has 0 aliphatic rings. The van der Waals surface area contributed by atoms with Crippen molar-refractivity contribution in [1.82, 2.24) is 0 Å². The van der Waals surface area contributed by atoms with Gasteiger partial charge in [0.15, 0.2) is 5.78 Å². The second kappa shape index (κ2) is 5.09. The molecule has 1 atom stereocenters. The van der Waals surface area contributed by atoms with Crippen molar-refractivity contribution < 1.29 is 4.79 Å². The summed E-state index contributed by atoms with van der Waals surface area (Å²) in [7, 11) is 0. The van der Waals surface area contributed by atoms with Crippen molar-refractivity contribution >= 4 is 5.78 Å². The third kappa shape index (κ3) is 3.67. The summed E-state index contributed by atoms with van der Waals surface area (Å²) in [5.41, 5.74) is 6.54. The average Bonchev–Trinajstić information content (AvgIpc) is 1.85. The van der Waals surface area contributed by atoms with Crippen LogP contribution in [0.15, 0.2) is 11.6 Å². The van der Waals surface area contributed by atoms with Gasteiger partial charge in [-0.15, -0.1) is 0 Å². The lowest BCUT2D eigenvalue weighted by Crippen LogP contribution is -2.27. The summed E-state index contributed by atoms with van der Waals surface area (Å²) in [4.78, 5) is 11.5. The molecule has 0 aliphatic carbocycles. The summed E-state index contributed by atoms with van der Waals surface area (Å²) >= 11 is 0. The zero-order valence-corrected chi connectivity index (χ0v) is 8.42. The van der Waals surface area contributed by atoms with Crippen molar-refractivity contribution in [3.63, 3.8) is 0 Å². The SMILES string of the molecule is CC(C)=CC(=O)C(CN)C(C)C. The van der Waals surface area contributed by atoms with Crippen LogP contribution in [0, 0.1) is 11.8 Å². The lowest BCUT2D eigenvalue weighted by atomic mass is 9.91. The zero-order valence-electron chi connectivity index (χ0n) is 8.42. The quantitative estimate of drug-likeness (QED) is 0.651. The molecule has 0 aromatic heterocycles. The van der Waals surface area contributed by atoms with Crippen LogP contribution >= 0.6 is 0 Å². The molecule has 2 nitrogen and oxygen atoms in total. The zero-order chi connectivity index (χ0) is 9.72. The molecule has 0 radical (unpaired) electrons. The average molecular weight is 169 g/mol. The third-order valence-electron chi connectivity index (χ3n) is 1.86. The Kier molecular flexibility index (Phi) is 4.83. The maximum atomic E-state index is 11.5. The molecule has 12 heavy (non-hydrogen) atoms. The van der Waals surface area contributed by atoms with E-state index >= 15 is 0 Å². The number of nitrogens with two attached hydrogens (primary N) is 1. The Labute approximate surface area is 74.8 Å². The van der Waals surface area contributed by atoms with Crippen LogP contribution < -0.4 is 5.73 Å². The predicted octanol–water partition coefficient (Wildman–Crippen LogP) is 1.75. The van der Waals surface area contributed by atoms with Gasteiger partial charge in [0.1, 0.15) is 0 Å². The first-order valence-electron chi connectivity index (χ1n) is 4.37. The number of hydrogen-bond acceptors (Lipinski definition) is 2. The molecule has 0 heterocycles. The second-order valence-electron chi connectivity index (χ2n) is 3.71. The van der Waals surface area contributed by atoms with E-state index in [2.05, 4.69) is 0 Å². The van der Waals surface area contributed by atoms with Crippen molar-refractivity contribution in [1.29, 1.82) is 0 Å². The molecule has 0 amide bonds. The monoisotopic (exact) mass is 169 g/mol. The van der Waals surface area contributed by atoms with E-state index in [1.807, 2.05) is 27.7 Å². The first kappa shape index (κ1) is 11.4. The maximum absolute atomic E-state index is 11.5. The Hall–Kier alpha value is -0.630. The highest BCUT2D eigenvalue weighted by Gasteiger charge is 2.17. The van der Waals surface area contributed by atoms with Crippen molar-refractivity contribution in [2.45, 2.75) is 27.7 Å². The van der Waals surface area contributed by atoms with Gasteiger partial charge < -0.3 is 5.73 Å². The fourth-order valence-corrected chi connectivity index (χ4v) is 1.11. The number of carbonyl (C=O) groups is 1. The van der Waals surface area contributed by atoms with E-state index in [0.29, 0.717) is 12.5 Å². The van der Waals surface area contributed by atoms with E-state index < -0.39 is 0 Å². The minimum Gasteiger partial charge on any atom is -0.330 e. The topological polar surface area (TPSA) is 43.1 Å². The lowest BCUT2D eigenvalue weighted by Gasteiger charge is -2.15. The van der Waals surface area contributed by atoms with Crippen LogP contribution in [0.2, 0.25) is 0 Å². The van der Waals surface area contributed by atoms with Gasteiger partial charge in [-0.25, -0.2) is 0 Å². The van der Waals surface area contributed by atoms with E-state index in [0.717, 1.165) is 5.57 Å². The van der Waals surface area contributed by atoms with Gasteiger partial charge in [-0.2, -0.15) is 0 Å². The van der Waals surface area contributed by atoms with Gasteiger partial charge in [0.25, 0.3) is 0 Å². The van der Waals surface area contributed by atoms with Gasteiger partial charge in [-0.05, 0) is 25.8 Å². The fraction of sp³-hybridized carbons (Fsp3) is 0.700. The molecule has 2 heteroatoms. The summed E-state index contributed by atoms with van der Waals surface area (Å²) in [6.07, 6.45) is 1.68. The number of hydrogen-bond donors (Lipinski definition) is 1. The van der Waals surface area contributed by atoms with E-state index in [1.165, 1.54) is 0 Å². The standard InChI is InChI=1S/C10H19NO/c1-7(2)5-10(12)9(6-11)8(3)4/h5,8-9H,6,11H2,1-4H3. The summed E-state index contributed by atoms with van der Waals surface area (Å²) in [5.74, 6) is 0.477. The Morgan fingerprint density at radius 1 is 1.42 bits per heavy atom. The Bertz CT molecular complexity index is 178. The van der Waals surface area contributed by atoms with Crippen molar-refractivity contribution in [2.24, 2.45) is 17.6 Å². The molecule has 70 valence electrons. The number of rotatable bonds is 4. The van der Waals surface area contributed by atoms with Crippen molar-refractivity contribution in [3.05, 3.63) is 11.6 Å². The Morgan fingerprint density at radius 3 is 2.17 bits per heavy atom. The molecule has 0 aromatic carbocycles. The summed E-state index contributed by atoms with van der Waals surface area (Å²) in [5, 5.41) is 0. The van der Waals surface area contributed by atoms with E-state index in [1.54, 1.807) is 6.08 Å². The molecule has 1 unspecified atom stereocenters. The third-order valence-corrected chi connectivity index (χ3v) is 1.86. The number of carbonyl (C=O) groups excluding carboxylic acids is 1. The molecule has 2 N–H and O–H groups in total. The number of allylic oxidation sites excluding steroid dienone is 2. The largest absolute Gasteiger partial charge is 0.330 e. The summed E-state index contributed by atoms with van der Waals surface area (Å²) in [6.45, 7) is 8.33. The van der Waals surface area contributed by atoms with Crippen LogP contribution in [0.1, 0.15) is 27.7 Å². The van der Waals surface area contributed by atoms with Gasteiger partial charge >= 0.3 is 0 Å². The van der Waals surface area contributed by atoms with Crippen LogP contribution in [-0.2, 0) is 4.79 Å². The van der Waals surface area contributed by atoms with Crippen LogP contribution in [0.3, 0.4) is 0 Å². The minimum absolute atomic E-state index is 0.0140. The minimum atomic E-state index is -0.0140. The van der Waals surface area contributed by atoms with Crippen LogP contribution in [0.4, 0.5) is 0 Å². The van der Waals surface area contributed by atoms with E-state index in [9.17, 15) is 4.79 Å². The molecule has 0 rings (SSSR count). The van der Waals surface area contributed by atoms with Gasteiger partial charge in [0.2, 0.25) is 0 Å². The van der Waals surface area contributed by atoms with Crippen molar-refractivity contribution in [2.75, 3.05) is 6.54 Å². The lowest BCUT2D eigenvalue weighted by molar-refractivity contribution is -0.119. The molecule has 0 saturated heterocycles. The van der Waals surface area contributed by atoms with Crippen LogP contribution in [0.5, 0.6) is 0 Å². The van der Waals surface area contributed by atoms with Crippen LogP contribution in [0.25, 0.3) is 0 Å². The molecule has 0 saturated carbocycles. The summed E-state index contributed by atoms with van der Waals surface area (Å²) < 4.78 is 0. The van der Waals surface area contributed by atoms with Crippen LogP contribution in [-0.4, -0.2) is 12.3 Å². The highest BCUT2D eigenvalue weighted by Crippen LogP contribution is 2.11. The number of ketones is 1. The molecule has 0 aliphatic heterocycles. The fourth-order valence-electron chi connectivity index (χ4n) is 1.11. The van der Waals surface area contributed by atoms with Gasteiger partial charge in [0.05, 0.1) is 0 Å². The first-order chi connectivity index (χ1) is 5.49. The Morgan fingerprint density at radius 2 is 1.92 bits per heavy atom. The predicted molar refractivity (Wildman–Crippen MR) is 51.8 cm³/mol. The van der Waals surface area contributed by atoms with Gasteiger partial charge in [0, 0.05) is 12.5 Å². The molecular formula is C10H19NO. The first-order valence-corrected chi connectivity index (χ1v) is 4.37. The van der Waals surface area contributed by atoms with Gasteiger partial charge in [-0.3, -0.25) is 4.79 Å². The molecule has 0 spiro atoms. The van der Waals surface area contributed by atoms with E-state index in [-0.39, 0.29) is 11.7 Å². The molecule has 0 fully saturated rings. The maximum Gasteiger partial charge on any atom is 0.160 e. The highest BCUT2D eigenvalue weighted by atomic mass is 16.1. The summed E-state index contributed by atoms with van der Waals surface area (Å²) in [6, 6.07) is 0. The molecule has 0 bridgehead atoms. The highest BCUT2D eigenvalue weighted by molar-refractivity contribution is 5.92. The van der Waals surface area contributed by atoms with Gasteiger partial charge in [-0.1, -0.05) is 19.4 Å². The van der Waals surface area contributed by atoms with E-state index in [4.69, 9.17) is 5.73 Å². The van der Waals surface area contributed by atoms with Crippen molar-refractivity contribution in [3.8, 4) is 0 Å². The normalized spacial score (nSPS) is 12.8. The molecule has 0 aromatic rings. The molecular weight excluding hydrogens is 150 g/mol. The smallest absolute Gasteiger partial charge is 0.160 e. The second-order valence-corrected chi connectivity index (χ2v) is 3.71.